The van der Waals surface area contributed by atoms with Gasteiger partial charge in [0.1, 0.15) is 11.5 Å². The molecule has 2 N–H and O–H groups in total. The first-order valence-corrected chi connectivity index (χ1v) is 9.07. The van der Waals surface area contributed by atoms with Crippen LogP contribution >= 0.6 is 0 Å². The van der Waals surface area contributed by atoms with E-state index in [0.717, 1.165) is 13.0 Å². The first-order chi connectivity index (χ1) is 12.1. The maximum atomic E-state index is 15.5. The van der Waals surface area contributed by atoms with Crippen LogP contribution in [0.5, 0.6) is 0 Å². The molecule has 0 amide bonds. The molecule has 2 fully saturated rings. The third kappa shape index (κ3) is 3.86. The monoisotopic (exact) mass is 364 g/mol. The number of benzene rings is 1. The van der Waals surface area contributed by atoms with Gasteiger partial charge in [-0.3, -0.25) is 4.90 Å². The molecule has 0 aromatic heterocycles. The highest BCUT2D eigenvalue weighted by Gasteiger charge is 2.53. The van der Waals surface area contributed by atoms with Gasteiger partial charge < -0.3 is 15.0 Å². The Labute approximate surface area is 154 Å². The first kappa shape index (κ1) is 19.5. The second-order valence-electron chi connectivity index (χ2n) is 8.21. The van der Waals surface area contributed by atoms with Gasteiger partial charge in [-0.2, -0.15) is 0 Å². The molecule has 7 heteroatoms. The van der Waals surface area contributed by atoms with Crippen LogP contribution in [0.3, 0.4) is 0 Å². The van der Waals surface area contributed by atoms with Crippen LogP contribution in [0.2, 0.25) is 0 Å². The molecular formula is C19H27BF2N2O2. The van der Waals surface area contributed by atoms with Crippen LogP contribution in [0.15, 0.2) is 30.0 Å². The minimum atomic E-state index is -1.07. The molecule has 26 heavy (non-hydrogen) atoms. The minimum Gasteiger partial charge on any atom is -0.398 e. The molecule has 1 aromatic carbocycles. The molecule has 0 radical (unpaired) electrons. The second-order valence-corrected chi connectivity index (χ2v) is 8.21. The molecule has 0 saturated carbocycles. The van der Waals surface area contributed by atoms with Crippen molar-refractivity contribution in [3.8, 4) is 0 Å². The molecule has 3 rings (SSSR count). The Morgan fingerprint density at radius 2 is 1.77 bits per heavy atom. The maximum Gasteiger partial charge on any atom is 0.525 e. The third-order valence-corrected chi connectivity index (χ3v) is 5.63. The normalized spacial score (nSPS) is 26.3. The molecular weight excluding hydrogens is 337 g/mol. The lowest BCUT2D eigenvalue weighted by Crippen LogP contribution is -2.41. The number of halogens is 2. The first-order valence-electron chi connectivity index (χ1n) is 9.07. The van der Waals surface area contributed by atoms with Gasteiger partial charge in [0.25, 0.3) is 0 Å². The van der Waals surface area contributed by atoms with Crippen LogP contribution in [-0.2, 0) is 9.31 Å². The topological polar surface area (TPSA) is 47.7 Å². The van der Waals surface area contributed by atoms with Crippen molar-refractivity contribution in [3.63, 3.8) is 0 Å². The molecule has 2 aliphatic heterocycles. The van der Waals surface area contributed by atoms with Crippen molar-refractivity contribution in [2.24, 2.45) is 5.73 Å². The van der Waals surface area contributed by atoms with E-state index in [0.29, 0.717) is 24.2 Å². The van der Waals surface area contributed by atoms with Crippen LogP contribution in [-0.4, -0.2) is 48.9 Å². The summed E-state index contributed by atoms with van der Waals surface area (Å²) in [6.07, 6.45) is 0.884. The molecule has 0 spiro atoms. The van der Waals surface area contributed by atoms with Crippen molar-refractivity contribution < 1.29 is 18.1 Å². The zero-order valence-electron chi connectivity index (χ0n) is 15.9. The Bertz CT molecular complexity index is 675. The SMILES string of the molecule is CC1(C)OB(C(F)=C(CN2CCC(N)C2)c2ccc(F)cc2)OC1(C)C. The number of likely N-dealkylation sites (tertiary alicyclic amines) is 1. The molecule has 2 saturated heterocycles. The fourth-order valence-electron chi connectivity index (χ4n) is 3.27. The number of rotatable bonds is 4. The Balaban J connectivity index is 1.93. The van der Waals surface area contributed by atoms with E-state index in [4.69, 9.17) is 15.0 Å². The van der Waals surface area contributed by atoms with Gasteiger partial charge in [0.2, 0.25) is 0 Å². The van der Waals surface area contributed by atoms with Gasteiger partial charge in [0.05, 0.1) is 11.2 Å². The fraction of sp³-hybridized carbons (Fsp3) is 0.579. The molecule has 142 valence electrons. The average Bonchev–Trinajstić information content (AvgIpc) is 3.05. The summed E-state index contributed by atoms with van der Waals surface area (Å²) in [5.74, 6) is -0.354. The Morgan fingerprint density at radius 3 is 2.27 bits per heavy atom. The molecule has 1 atom stereocenters. The van der Waals surface area contributed by atoms with Gasteiger partial charge in [-0.25, -0.2) is 8.78 Å². The Morgan fingerprint density at radius 1 is 1.19 bits per heavy atom. The number of nitrogens with zero attached hydrogens (tertiary/aromatic N) is 1. The van der Waals surface area contributed by atoms with Crippen LogP contribution in [0, 0.1) is 5.82 Å². The van der Waals surface area contributed by atoms with E-state index in [2.05, 4.69) is 4.90 Å². The van der Waals surface area contributed by atoms with Gasteiger partial charge in [-0.15, -0.1) is 0 Å². The summed E-state index contributed by atoms with van der Waals surface area (Å²) < 4.78 is 40.5. The molecule has 0 aliphatic carbocycles. The maximum absolute atomic E-state index is 15.5. The van der Waals surface area contributed by atoms with Crippen molar-refractivity contribution >= 4 is 12.7 Å². The molecule has 2 aliphatic rings. The highest BCUT2D eigenvalue weighted by atomic mass is 19.1. The lowest BCUT2D eigenvalue weighted by molar-refractivity contribution is 0.00578. The van der Waals surface area contributed by atoms with Gasteiger partial charge in [-0.05, 0) is 51.8 Å². The van der Waals surface area contributed by atoms with Crippen molar-refractivity contribution in [2.45, 2.75) is 51.4 Å². The summed E-state index contributed by atoms with van der Waals surface area (Å²) >= 11 is 0. The zero-order valence-corrected chi connectivity index (χ0v) is 15.9. The predicted molar refractivity (Wildman–Crippen MR) is 99.5 cm³/mol. The molecule has 1 aromatic rings. The molecule has 2 heterocycles. The summed E-state index contributed by atoms with van der Waals surface area (Å²) in [4.78, 5) is 2.11. The minimum absolute atomic E-state index is 0.101. The highest BCUT2D eigenvalue weighted by molar-refractivity contribution is 6.55. The van der Waals surface area contributed by atoms with E-state index < -0.39 is 24.0 Å². The fourth-order valence-corrected chi connectivity index (χ4v) is 3.27. The summed E-state index contributed by atoms with van der Waals surface area (Å²) in [5, 5.41) is 0. The molecule has 1 unspecified atom stereocenters. The zero-order chi connectivity index (χ0) is 19.1. The van der Waals surface area contributed by atoms with Gasteiger partial charge in [0.15, 0.2) is 0 Å². The summed E-state index contributed by atoms with van der Waals surface area (Å²) in [6.45, 7) is 9.45. The number of nitrogens with two attached hydrogens (primary N) is 1. The summed E-state index contributed by atoms with van der Waals surface area (Å²) in [6, 6.07) is 5.95. The quantitative estimate of drug-likeness (QED) is 0.834. The van der Waals surface area contributed by atoms with Crippen LogP contribution in [0.1, 0.15) is 39.7 Å². The van der Waals surface area contributed by atoms with E-state index in [1.807, 2.05) is 27.7 Å². The van der Waals surface area contributed by atoms with Crippen LogP contribution in [0.25, 0.3) is 5.57 Å². The lowest BCUT2D eigenvalue weighted by atomic mass is 9.82. The third-order valence-electron chi connectivity index (χ3n) is 5.63. The van der Waals surface area contributed by atoms with Crippen molar-refractivity contribution in [2.75, 3.05) is 19.6 Å². The predicted octanol–water partition coefficient (Wildman–Crippen LogP) is 3.17. The average molecular weight is 364 g/mol. The van der Waals surface area contributed by atoms with Crippen LogP contribution in [0.4, 0.5) is 8.78 Å². The van der Waals surface area contributed by atoms with Gasteiger partial charge in [0, 0.05) is 31.2 Å². The molecule has 0 bridgehead atoms. The summed E-state index contributed by atoms with van der Waals surface area (Å²) in [7, 11) is -1.07. The van der Waals surface area contributed by atoms with E-state index in [9.17, 15) is 4.39 Å². The number of hydrogen-bond donors (Lipinski definition) is 1. The van der Waals surface area contributed by atoms with Gasteiger partial charge in [-0.1, -0.05) is 12.1 Å². The van der Waals surface area contributed by atoms with E-state index in [1.165, 1.54) is 12.1 Å². The summed E-state index contributed by atoms with van der Waals surface area (Å²) in [5.41, 5.74) is 5.34. The standard InChI is InChI=1S/C19H27BF2N2O2/c1-18(2)19(3,4)26-20(25-18)17(22)16(12-24-10-9-15(23)11-24)13-5-7-14(21)8-6-13/h5-8,15H,9-12,23H2,1-4H3. The van der Waals surface area contributed by atoms with Crippen molar-refractivity contribution in [1.29, 1.82) is 0 Å². The van der Waals surface area contributed by atoms with E-state index in [1.54, 1.807) is 12.1 Å². The second kappa shape index (κ2) is 7.04. The Kier molecular flexibility index (Phi) is 5.27. The smallest absolute Gasteiger partial charge is 0.398 e. The van der Waals surface area contributed by atoms with Crippen molar-refractivity contribution in [3.05, 3.63) is 41.4 Å². The van der Waals surface area contributed by atoms with E-state index in [-0.39, 0.29) is 11.9 Å². The molecule has 4 nitrogen and oxygen atoms in total. The highest BCUT2D eigenvalue weighted by Crippen LogP contribution is 2.40. The van der Waals surface area contributed by atoms with Gasteiger partial charge >= 0.3 is 7.12 Å². The lowest BCUT2D eigenvalue weighted by Gasteiger charge is -2.32. The van der Waals surface area contributed by atoms with Crippen molar-refractivity contribution in [1.82, 2.24) is 4.90 Å². The van der Waals surface area contributed by atoms with E-state index >= 15 is 4.39 Å². The Hall–Kier alpha value is -1.28. The number of hydrogen-bond acceptors (Lipinski definition) is 4. The largest absolute Gasteiger partial charge is 0.525 e. The van der Waals surface area contributed by atoms with Crippen LogP contribution < -0.4 is 5.73 Å².